The highest BCUT2D eigenvalue weighted by atomic mass is 14.1. The van der Waals surface area contributed by atoms with Crippen LogP contribution in [0.15, 0.2) is 84.0 Å². The molecule has 1 aliphatic rings. The molecule has 0 radical (unpaired) electrons. The average molecular weight is 359 g/mol. The van der Waals surface area contributed by atoms with Crippen LogP contribution in [0.4, 0.5) is 0 Å². The SMILES string of the molecule is C(=C1CCCCC1)/C(=C\CCCc1ccccc1)CCCc1ccccc1. The van der Waals surface area contributed by atoms with Crippen LogP contribution in [0.3, 0.4) is 0 Å². The van der Waals surface area contributed by atoms with E-state index < -0.39 is 0 Å². The second-order valence-corrected chi connectivity index (χ2v) is 7.86. The van der Waals surface area contributed by atoms with E-state index in [4.69, 9.17) is 0 Å². The molecule has 0 nitrogen and oxygen atoms in total. The second-order valence-electron chi connectivity index (χ2n) is 7.86. The summed E-state index contributed by atoms with van der Waals surface area (Å²) in [6.45, 7) is 0. The van der Waals surface area contributed by atoms with Crippen molar-refractivity contribution in [2.75, 3.05) is 0 Å². The Morgan fingerprint density at radius 1 is 0.704 bits per heavy atom. The van der Waals surface area contributed by atoms with Crippen LogP contribution in [-0.2, 0) is 12.8 Å². The Morgan fingerprint density at radius 3 is 1.93 bits per heavy atom. The zero-order chi connectivity index (χ0) is 18.6. The number of benzene rings is 2. The van der Waals surface area contributed by atoms with Gasteiger partial charge in [0.2, 0.25) is 0 Å². The summed E-state index contributed by atoms with van der Waals surface area (Å²) in [5.41, 5.74) is 6.19. The van der Waals surface area contributed by atoms with E-state index in [1.165, 1.54) is 81.8 Å². The molecular formula is C27H34. The van der Waals surface area contributed by atoms with Crippen LogP contribution in [0.1, 0.15) is 68.9 Å². The third-order valence-electron chi connectivity index (χ3n) is 5.58. The van der Waals surface area contributed by atoms with Gasteiger partial charge < -0.3 is 0 Å². The molecule has 0 atom stereocenters. The highest BCUT2D eigenvalue weighted by Crippen LogP contribution is 2.25. The van der Waals surface area contributed by atoms with Crippen LogP contribution < -0.4 is 0 Å². The molecule has 2 aromatic rings. The van der Waals surface area contributed by atoms with E-state index in [-0.39, 0.29) is 0 Å². The predicted octanol–water partition coefficient (Wildman–Crippen LogP) is 7.85. The number of rotatable bonds is 9. The van der Waals surface area contributed by atoms with E-state index in [1.807, 2.05) is 0 Å². The van der Waals surface area contributed by atoms with Gasteiger partial charge in [0.05, 0.1) is 0 Å². The van der Waals surface area contributed by atoms with E-state index in [9.17, 15) is 0 Å². The topological polar surface area (TPSA) is 0 Å². The molecule has 0 heteroatoms. The van der Waals surface area contributed by atoms with Gasteiger partial charge >= 0.3 is 0 Å². The number of aryl methyl sites for hydroxylation is 2. The summed E-state index contributed by atoms with van der Waals surface area (Å²) in [4.78, 5) is 0. The Kier molecular flexibility index (Phi) is 8.45. The van der Waals surface area contributed by atoms with Gasteiger partial charge in [0.1, 0.15) is 0 Å². The fraction of sp³-hybridized carbons (Fsp3) is 0.407. The van der Waals surface area contributed by atoms with E-state index in [2.05, 4.69) is 72.8 Å². The molecule has 0 unspecified atom stereocenters. The lowest BCUT2D eigenvalue weighted by Gasteiger charge is -2.15. The molecular weight excluding hydrogens is 324 g/mol. The fourth-order valence-corrected chi connectivity index (χ4v) is 4.03. The van der Waals surface area contributed by atoms with Crippen molar-refractivity contribution in [3.8, 4) is 0 Å². The molecule has 1 aliphatic carbocycles. The standard InChI is InChI=1S/C27H34/c1-4-13-24(14-5-1)17-10-11-20-27(23-26-18-8-3-9-19-26)22-12-21-25-15-6-2-7-16-25/h1-2,4-7,13-16,20,23H,3,8-12,17-19,21-22H2/b27-20-. The van der Waals surface area contributed by atoms with Gasteiger partial charge in [0.25, 0.3) is 0 Å². The van der Waals surface area contributed by atoms with Crippen LogP contribution in [0.5, 0.6) is 0 Å². The molecule has 0 amide bonds. The van der Waals surface area contributed by atoms with Crippen molar-refractivity contribution in [3.05, 3.63) is 95.1 Å². The van der Waals surface area contributed by atoms with Crippen LogP contribution in [0.25, 0.3) is 0 Å². The molecule has 3 rings (SSSR count). The lowest BCUT2D eigenvalue weighted by Crippen LogP contribution is -1.95. The van der Waals surface area contributed by atoms with Gasteiger partial charge in [0.15, 0.2) is 0 Å². The van der Waals surface area contributed by atoms with Crippen molar-refractivity contribution in [3.63, 3.8) is 0 Å². The summed E-state index contributed by atoms with van der Waals surface area (Å²) in [6, 6.07) is 21.8. The number of unbranched alkanes of at least 4 members (excludes halogenated alkanes) is 1. The summed E-state index contributed by atoms with van der Waals surface area (Å²) in [7, 11) is 0. The predicted molar refractivity (Wildman–Crippen MR) is 118 cm³/mol. The van der Waals surface area contributed by atoms with E-state index in [0.717, 1.165) is 0 Å². The summed E-state index contributed by atoms with van der Waals surface area (Å²) >= 11 is 0. The molecule has 0 aromatic heterocycles. The molecule has 1 saturated carbocycles. The number of allylic oxidation sites excluding steroid dienone is 4. The van der Waals surface area contributed by atoms with Gasteiger partial charge in [-0.15, -0.1) is 0 Å². The first-order valence-corrected chi connectivity index (χ1v) is 10.9. The maximum absolute atomic E-state index is 2.55. The number of hydrogen-bond acceptors (Lipinski definition) is 0. The van der Waals surface area contributed by atoms with E-state index in [1.54, 1.807) is 11.1 Å². The molecule has 0 saturated heterocycles. The zero-order valence-corrected chi connectivity index (χ0v) is 16.7. The van der Waals surface area contributed by atoms with E-state index >= 15 is 0 Å². The smallest absolute Gasteiger partial charge is 0.0276 e. The van der Waals surface area contributed by atoms with Crippen LogP contribution in [-0.4, -0.2) is 0 Å². The average Bonchev–Trinajstić information content (AvgIpc) is 2.73. The van der Waals surface area contributed by atoms with Crippen molar-refractivity contribution in [1.29, 1.82) is 0 Å². The van der Waals surface area contributed by atoms with Crippen LogP contribution in [0, 0.1) is 0 Å². The summed E-state index contributed by atoms with van der Waals surface area (Å²) in [5.74, 6) is 0. The lowest BCUT2D eigenvalue weighted by atomic mass is 9.92. The van der Waals surface area contributed by atoms with Crippen LogP contribution in [0.2, 0.25) is 0 Å². The Hall–Kier alpha value is -2.08. The maximum Gasteiger partial charge on any atom is -0.0276 e. The second kappa shape index (κ2) is 11.6. The molecule has 0 N–H and O–H groups in total. The third-order valence-corrected chi connectivity index (χ3v) is 5.58. The minimum absolute atomic E-state index is 1.19. The monoisotopic (exact) mass is 358 g/mol. The number of hydrogen-bond donors (Lipinski definition) is 0. The molecule has 0 aliphatic heterocycles. The van der Waals surface area contributed by atoms with Crippen molar-refractivity contribution < 1.29 is 0 Å². The van der Waals surface area contributed by atoms with Crippen molar-refractivity contribution in [2.24, 2.45) is 0 Å². The molecule has 2 aromatic carbocycles. The van der Waals surface area contributed by atoms with Gasteiger partial charge in [-0.05, 0) is 75.3 Å². The lowest BCUT2D eigenvalue weighted by molar-refractivity contribution is 0.598. The highest BCUT2D eigenvalue weighted by Gasteiger charge is 2.06. The summed E-state index contributed by atoms with van der Waals surface area (Å²) in [5, 5.41) is 0. The van der Waals surface area contributed by atoms with Gasteiger partial charge in [-0.3, -0.25) is 0 Å². The molecule has 142 valence electrons. The Balaban J connectivity index is 1.53. The normalized spacial score (nSPS) is 15.0. The van der Waals surface area contributed by atoms with E-state index in [0.29, 0.717) is 0 Å². The minimum Gasteiger partial charge on any atom is -0.0813 e. The molecule has 0 heterocycles. The maximum atomic E-state index is 2.55. The first kappa shape index (κ1) is 19.7. The summed E-state index contributed by atoms with van der Waals surface area (Å²) < 4.78 is 0. The Labute approximate surface area is 166 Å². The molecule has 27 heavy (non-hydrogen) atoms. The van der Waals surface area contributed by atoms with Crippen LogP contribution >= 0.6 is 0 Å². The molecule has 1 fully saturated rings. The van der Waals surface area contributed by atoms with Crippen molar-refractivity contribution >= 4 is 0 Å². The molecule has 0 bridgehead atoms. The summed E-state index contributed by atoms with van der Waals surface area (Å²) in [6.07, 6.45) is 19.2. The van der Waals surface area contributed by atoms with Gasteiger partial charge in [-0.2, -0.15) is 0 Å². The van der Waals surface area contributed by atoms with Crippen molar-refractivity contribution in [1.82, 2.24) is 0 Å². The first-order valence-electron chi connectivity index (χ1n) is 10.9. The van der Waals surface area contributed by atoms with Gasteiger partial charge in [-0.1, -0.05) is 90.4 Å². The quantitative estimate of drug-likeness (QED) is 0.400. The largest absolute Gasteiger partial charge is 0.0813 e. The van der Waals surface area contributed by atoms with Crippen molar-refractivity contribution in [2.45, 2.75) is 70.6 Å². The van der Waals surface area contributed by atoms with Gasteiger partial charge in [0, 0.05) is 0 Å². The highest BCUT2D eigenvalue weighted by molar-refractivity contribution is 5.25. The fourth-order valence-electron chi connectivity index (χ4n) is 4.03. The zero-order valence-electron chi connectivity index (χ0n) is 16.7. The Morgan fingerprint density at radius 2 is 1.30 bits per heavy atom. The Bertz CT molecular complexity index is 698. The minimum atomic E-state index is 1.19. The third kappa shape index (κ3) is 7.59. The molecule has 0 spiro atoms. The first-order chi connectivity index (χ1) is 13.4. The van der Waals surface area contributed by atoms with Gasteiger partial charge in [-0.25, -0.2) is 0 Å².